The molecule has 9 heteroatoms. The van der Waals surface area contributed by atoms with Crippen LogP contribution >= 0.6 is 11.8 Å². The molecule has 8 nitrogen and oxygen atoms in total. The number of fused-ring (bicyclic) bond motifs is 2. The minimum absolute atomic E-state index is 0.0578. The van der Waals surface area contributed by atoms with Gasteiger partial charge in [0, 0.05) is 37.7 Å². The number of imidazole rings is 1. The van der Waals surface area contributed by atoms with Crippen molar-refractivity contribution in [3.63, 3.8) is 0 Å². The van der Waals surface area contributed by atoms with Crippen molar-refractivity contribution in [1.82, 2.24) is 19.4 Å². The number of benzene rings is 2. The fourth-order valence-electron chi connectivity index (χ4n) is 5.02. The zero-order valence-corrected chi connectivity index (χ0v) is 22.5. The van der Waals surface area contributed by atoms with E-state index in [0.717, 1.165) is 92.9 Å². The molecule has 3 aromatic rings. The molecular formula is C28H37N5O3S. The Morgan fingerprint density at radius 1 is 1.03 bits per heavy atom. The number of carbonyl (C=O) groups excluding carboxylic acids is 1. The smallest absolute Gasteiger partial charge is 0.234 e. The third-order valence-electron chi connectivity index (χ3n) is 6.92. The number of nitrogens with zero attached hydrogens (tertiary/aromatic N) is 4. The first-order valence-corrected chi connectivity index (χ1v) is 14.3. The van der Waals surface area contributed by atoms with Crippen LogP contribution in [0.25, 0.3) is 11.0 Å². The maximum Gasteiger partial charge on any atom is 0.234 e. The average Bonchev–Trinajstić information content (AvgIpc) is 3.09. The second-order valence-corrected chi connectivity index (χ2v) is 10.6. The second kappa shape index (κ2) is 12.8. The van der Waals surface area contributed by atoms with Crippen molar-refractivity contribution in [2.75, 3.05) is 63.6 Å². The van der Waals surface area contributed by atoms with E-state index < -0.39 is 0 Å². The summed E-state index contributed by atoms with van der Waals surface area (Å²) in [4.78, 5) is 22.7. The SMILES string of the molecule is CCOCCn1c(CN2CCCN(CCCOc3ccc4c(c3)SCC(=O)N4)CC2)nc2ccccc21. The van der Waals surface area contributed by atoms with Crippen LogP contribution in [0.2, 0.25) is 0 Å². The number of anilines is 1. The van der Waals surface area contributed by atoms with Crippen molar-refractivity contribution in [2.24, 2.45) is 0 Å². The molecule has 1 amide bonds. The molecule has 3 heterocycles. The molecule has 0 unspecified atom stereocenters. The molecule has 1 saturated heterocycles. The average molecular weight is 524 g/mol. The topological polar surface area (TPSA) is 71.9 Å². The Morgan fingerprint density at radius 3 is 2.81 bits per heavy atom. The molecule has 198 valence electrons. The molecular weight excluding hydrogens is 486 g/mol. The molecule has 0 bridgehead atoms. The van der Waals surface area contributed by atoms with Gasteiger partial charge in [-0.3, -0.25) is 9.69 Å². The highest BCUT2D eigenvalue weighted by atomic mass is 32.2. The van der Waals surface area contributed by atoms with Gasteiger partial charge in [0.05, 0.1) is 42.2 Å². The minimum atomic E-state index is 0.0578. The van der Waals surface area contributed by atoms with E-state index in [0.29, 0.717) is 19.0 Å². The number of amides is 1. The standard InChI is InChI=1S/C28H37N5O3S/c1-2-35-18-16-33-25-8-4-3-7-23(25)29-27(33)20-32-12-5-11-31(14-15-32)13-6-17-36-22-9-10-24-26(19-22)37-21-28(34)30-24/h3-4,7-10,19H,2,5-6,11-18,20-21H2,1H3,(H,30,34). The Kier molecular flexibility index (Phi) is 8.99. The molecule has 0 radical (unpaired) electrons. The lowest BCUT2D eigenvalue weighted by atomic mass is 10.3. The quantitative estimate of drug-likeness (QED) is 0.380. The molecule has 5 rings (SSSR count). The van der Waals surface area contributed by atoms with Crippen molar-refractivity contribution in [3.8, 4) is 5.75 Å². The molecule has 2 aliphatic rings. The summed E-state index contributed by atoms with van der Waals surface area (Å²) >= 11 is 1.57. The third kappa shape index (κ3) is 6.84. The minimum Gasteiger partial charge on any atom is -0.494 e. The van der Waals surface area contributed by atoms with Crippen LogP contribution in [0.1, 0.15) is 25.6 Å². The lowest BCUT2D eigenvalue weighted by molar-refractivity contribution is -0.113. The fraction of sp³-hybridized carbons (Fsp3) is 0.500. The Morgan fingerprint density at radius 2 is 1.89 bits per heavy atom. The number of aromatic nitrogens is 2. The Labute approximate surface area is 223 Å². The number of hydrogen-bond acceptors (Lipinski definition) is 7. The number of ether oxygens (including phenoxy) is 2. The molecule has 0 atom stereocenters. The predicted molar refractivity (Wildman–Crippen MR) is 148 cm³/mol. The molecule has 1 aromatic heterocycles. The van der Waals surface area contributed by atoms with Gasteiger partial charge in [-0.15, -0.1) is 11.8 Å². The van der Waals surface area contributed by atoms with Gasteiger partial charge in [-0.25, -0.2) is 4.98 Å². The van der Waals surface area contributed by atoms with E-state index in [1.807, 2.05) is 25.1 Å². The van der Waals surface area contributed by atoms with Crippen LogP contribution in [0.3, 0.4) is 0 Å². The van der Waals surface area contributed by atoms with Crippen LogP contribution in [-0.4, -0.2) is 83.6 Å². The molecule has 1 fully saturated rings. The molecule has 2 aliphatic heterocycles. The van der Waals surface area contributed by atoms with Crippen LogP contribution in [0.15, 0.2) is 47.4 Å². The Hall–Kier alpha value is -2.59. The van der Waals surface area contributed by atoms with E-state index in [9.17, 15) is 4.79 Å². The first-order chi connectivity index (χ1) is 18.2. The van der Waals surface area contributed by atoms with Crippen LogP contribution < -0.4 is 10.1 Å². The number of nitrogens with one attached hydrogen (secondary N) is 1. The van der Waals surface area contributed by atoms with Crippen LogP contribution in [-0.2, 0) is 22.6 Å². The summed E-state index contributed by atoms with van der Waals surface area (Å²) in [6.45, 7) is 11.2. The number of para-hydroxylation sites is 2. The largest absolute Gasteiger partial charge is 0.494 e. The first-order valence-electron chi connectivity index (χ1n) is 13.4. The highest BCUT2D eigenvalue weighted by molar-refractivity contribution is 8.00. The molecule has 0 aliphatic carbocycles. The van der Waals surface area contributed by atoms with E-state index in [1.165, 1.54) is 5.52 Å². The van der Waals surface area contributed by atoms with Crippen LogP contribution in [0.5, 0.6) is 5.75 Å². The summed E-state index contributed by atoms with van der Waals surface area (Å²) < 4.78 is 14.0. The Bertz CT molecular complexity index is 1200. The molecule has 2 aromatic carbocycles. The summed E-state index contributed by atoms with van der Waals surface area (Å²) in [7, 11) is 0. The van der Waals surface area contributed by atoms with Gasteiger partial charge in [-0.05, 0) is 63.2 Å². The van der Waals surface area contributed by atoms with E-state index in [4.69, 9.17) is 14.5 Å². The highest BCUT2D eigenvalue weighted by Gasteiger charge is 2.19. The van der Waals surface area contributed by atoms with Gasteiger partial charge in [0.1, 0.15) is 11.6 Å². The van der Waals surface area contributed by atoms with Gasteiger partial charge in [0.2, 0.25) is 5.91 Å². The molecule has 1 N–H and O–H groups in total. The predicted octanol–water partition coefficient (Wildman–Crippen LogP) is 4.09. The number of hydrogen-bond donors (Lipinski definition) is 1. The summed E-state index contributed by atoms with van der Waals surface area (Å²) in [6, 6.07) is 14.3. The Balaban J connectivity index is 1.09. The van der Waals surface area contributed by atoms with Gasteiger partial charge in [-0.1, -0.05) is 12.1 Å². The summed E-state index contributed by atoms with van der Waals surface area (Å²) in [5, 5.41) is 2.91. The molecule has 37 heavy (non-hydrogen) atoms. The van der Waals surface area contributed by atoms with Gasteiger partial charge in [0.25, 0.3) is 0 Å². The second-order valence-electron chi connectivity index (χ2n) is 9.53. The van der Waals surface area contributed by atoms with Crippen LogP contribution in [0, 0.1) is 0 Å². The van der Waals surface area contributed by atoms with Gasteiger partial charge < -0.3 is 24.3 Å². The molecule has 0 saturated carbocycles. The summed E-state index contributed by atoms with van der Waals surface area (Å²) in [5.74, 6) is 2.53. The molecule has 0 spiro atoms. The first kappa shape index (κ1) is 26.0. The van der Waals surface area contributed by atoms with Crippen LogP contribution in [0.4, 0.5) is 5.69 Å². The zero-order chi connectivity index (χ0) is 25.5. The zero-order valence-electron chi connectivity index (χ0n) is 21.7. The normalized spacial score (nSPS) is 16.9. The van der Waals surface area contributed by atoms with E-state index in [-0.39, 0.29) is 5.91 Å². The number of carbonyl (C=O) groups is 1. The van der Waals surface area contributed by atoms with Crippen molar-refractivity contribution in [3.05, 3.63) is 48.3 Å². The monoisotopic (exact) mass is 523 g/mol. The van der Waals surface area contributed by atoms with E-state index >= 15 is 0 Å². The van der Waals surface area contributed by atoms with Crippen molar-refractivity contribution >= 4 is 34.4 Å². The van der Waals surface area contributed by atoms with Gasteiger partial charge in [0.15, 0.2) is 0 Å². The summed E-state index contributed by atoms with van der Waals surface area (Å²) in [6.07, 6.45) is 2.15. The summed E-state index contributed by atoms with van der Waals surface area (Å²) in [5.41, 5.74) is 3.14. The van der Waals surface area contributed by atoms with Crippen molar-refractivity contribution in [2.45, 2.75) is 37.8 Å². The van der Waals surface area contributed by atoms with Crippen molar-refractivity contribution in [1.29, 1.82) is 0 Å². The maximum atomic E-state index is 11.5. The lowest BCUT2D eigenvalue weighted by Crippen LogP contribution is -2.32. The number of rotatable bonds is 11. The van der Waals surface area contributed by atoms with E-state index in [1.54, 1.807) is 11.8 Å². The highest BCUT2D eigenvalue weighted by Crippen LogP contribution is 2.34. The van der Waals surface area contributed by atoms with E-state index in [2.05, 4.69) is 43.9 Å². The fourth-order valence-corrected chi connectivity index (χ4v) is 5.86. The third-order valence-corrected chi connectivity index (χ3v) is 7.97. The van der Waals surface area contributed by atoms with Gasteiger partial charge >= 0.3 is 0 Å². The maximum absolute atomic E-state index is 11.5. The van der Waals surface area contributed by atoms with Gasteiger partial charge in [-0.2, -0.15) is 0 Å². The van der Waals surface area contributed by atoms with Crippen molar-refractivity contribution < 1.29 is 14.3 Å². The number of thioether (sulfide) groups is 1. The lowest BCUT2D eigenvalue weighted by Gasteiger charge is -2.22.